The Bertz CT molecular complexity index is 2530. The molecule has 0 radical (unpaired) electrons. The third-order valence-electron chi connectivity index (χ3n) is 9.88. The van der Waals surface area contributed by atoms with Crippen molar-refractivity contribution in [3.63, 3.8) is 0 Å². The van der Waals surface area contributed by atoms with Crippen LogP contribution in [-0.2, 0) is 5.41 Å². The minimum atomic E-state index is -0.553. The van der Waals surface area contributed by atoms with E-state index in [0.717, 1.165) is 20.8 Å². The van der Waals surface area contributed by atoms with E-state index in [4.69, 9.17) is 23.2 Å². The lowest BCUT2D eigenvalue weighted by Crippen LogP contribution is -2.26. The molecule has 0 fully saturated rings. The van der Waals surface area contributed by atoms with Gasteiger partial charge in [-0.05, 0) is 63.6 Å². The monoisotopic (exact) mass is 639 g/mol. The average Bonchev–Trinajstić information content (AvgIpc) is 3.76. The molecule has 1 spiro atoms. The molecule has 10 rings (SSSR count). The average molecular weight is 641 g/mol. The van der Waals surface area contributed by atoms with Crippen molar-refractivity contribution in [3.05, 3.63) is 135 Å². The van der Waals surface area contributed by atoms with Crippen molar-refractivity contribution in [2.75, 3.05) is 0 Å². The Morgan fingerprint density at radius 2 is 1.30 bits per heavy atom. The van der Waals surface area contributed by atoms with E-state index in [-0.39, 0.29) is 0 Å². The molecule has 1 atom stereocenters. The maximum Gasteiger partial charge on any atom is 0.0728 e. The highest BCUT2D eigenvalue weighted by Crippen LogP contribution is 2.67. The van der Waals surface area contributed by atoms with E-state index >= 15 is 0 Å². The van der Waals surface area contributed by atoms with Gasteiger partial charge in [-0.3, -0.25) is 4.98 Å². The van der Waals surface area contributed by atoms with Crippen molar-refractivity contribution >= 4 is 86.2 Å². The summed E-state index contributed by atoms with van der Waals surface area (Å²) in [5.74, 6) is 0.409. The number of pyridine rings is 1. The van der Waals surface area contributed by atoms with Crippen molar-refractivity contribution in [2.24, 2.45) is 0 Å². The van der Waals surface area contributed by atoms with Crippen LogP contribution in [0.4, 0.5) is 0 Å². The van der Waals surface area contributed by atoms with Crippen molar-refractivity contribution in [3.8, 4) is 22.3 Å². The molecular formula is C39H23Cl2NS2. The van der Waals surface area contributed by atoms with Crippen LogP contribution in [0.15, 0.2) is 97.3 Å². The molecule has 0 saturated carbocycles. The van der Waals surface area contributed by atoms with E-state index in [1.165, 1.54) is 79.6 Å². The van der Waals surface area contributed by atoms with Gasteiger partial charge in [0.25, 0.3) is 0 Å². The van der Waals surface area contributed by atoms with Crippen LogP contribution in [0, 0.1) is 0 Å². The fourth-order valence-electron chi connectivity index (χ4n) is 8.19. The van der Waals surface area contributed by atoms with E-state index in [9.17, 15) is 0 Å². The van der Waals surface area contributed by atoms with Crippen LogP contribution in [0.25, 0.3) is 62.6 Å². The summed E-state index contributed by atoms with van der Waals surface area (Å²) in [6.45, 7) is 4.55. The molecule has 210 valence electrons. The first-order valence-corrected chi connectivity index (χ1v) is 17.3. The zero-order valence-electron chi connectivity index (χ0n) is 23.8. The predicted molar refractivity (Wildman–Crippen MR) is 190 cm³/mol. The Labute approximate surface area is 272 Å². The molecule has 1 nitrogen and oxygen atoms in total. The number of benzene rings is 5. The van der Waals surface area contributed by atoms with E-state index in [1.54, 1.807) is 0 Å². The number of hydrogen-bond donors (Lipinski definition) is 0. The molecule has 0 bridgehead atoms. The number of aromatic nitrogens is 1. The molecule has 8 aromatic rings. The van der Waals surface area contributed by atoms with Crippen LogP contribution in [0.1, 0.15) is 47.6 Å². The Morgan fingerprint density at radius 1 is 0.636 bits per heavy atom. The highest BCUT2D eigenvalue weighted by atomic mass is 35.5. The van der Waals surface area contributed by atoms with Crippen LogP contribution < -0.4 is 0 Å². The van der Waals surface area contributed by atoms with Crippen LogP contribution in [0.2, 0.25) is 10.0 Å². The fourth-order valence-corrected chi connectivity index (χ4v) is 11.7. The molecule has 5 heteroatoms. The molecule has 0 N–H and O–H groups in total. The Kier molecular flexibility index (Phi) is 5.06. The van der Waals surface area contributed by atoms with E-state index < -0.39 is 5.41 Å². The summed E-state index contributed by atoms with van der Waals surface area (Å²) in [5.41, 5.74) is 10.8. The topological polar surface area (TPSA) is 12.9 Å². The Balaban J connectivity index is 1.50. The largest absolute Gasteiger partial charge is 0.264 e. The number of halogens is 2. The molecule has 0 amide bonds. The minimum Gasteiger partial charge on any atom is -0.264 e. The fraction of sp³-hybridized carbons (Fsp3) is 0.103. The first-order valence-electron chi connectivity index (χ1n) is 14.9. The highest BCUT2D eigenvalue weighted by molar-refractivity contribution is 7.27. The number of hydrogen-bond acceptors (Lipinski definition) is 3. The van der Waals surface area contributed by atoms with Gasteiger partial charge in [0.2, 0.25) is 0 Å². The van der Waals surface area contributed by atoms with Gasteiger partial charge in [-0.2, -0.15) is 0 Å². The van der Waals surface area contributed by atoms with Crippen LogP contribution >= 0.6 is 45.9 Å². The highest BCUT2D eigenvalue weighted by Gasteiger charge is 2.53. The summed E-state index contributed by atoms with van der Waals surface area (Å²) in [6, 6.07) is 30.9. The zero-order valence-corrected chi connectivity index (χ0v) is 27.0. The lowest BCUT2D eigenvalue weighted by Gasteiger charge is -2.30. The zero-order chi connectivity index (χ0) is 29.5. The number of rotatable bonds is 1. The molecule has 1 unspecified atom stereocenters. The minimum absolute atomic E-state index is 0.409. The smallest absolute Gasteiger partial charge is 0.0728 e. The molecular weight excluding hydrogens is 617 g/mol. The van der Waals surface area contributed by atoms with Crippen LogP contribution in [-0.4, -0.2) is 4.98 Å². The molecule has 0 saturated heterocycles. The first kappa shape index (κ1) is 25.6. The summed E-state index contributed by atoms with van der Waals surface area (Å²) in [4.78, 5) is 4.59. The van der Waals surface area contributed by atoms with E-state index in [1.807, 2.05) is 35.1 Å². The van der Waals surface area contributed by atoms with Gasteiger partial charge in [0.05, 0.1) is 15.5 Å². The molecule has 2 aliphatic rings. The second-order valence-corrected chi connectivity index (χ2v) is 15.2. The van der Waals surface area contributed by atoms with Gasteiger partial charge in [0.1, 0.15) is 0 Å². The second kappa shape index (κ2) is 8.71. The Hall–Kier alpha value is -3.73. The van der Waals surface area contributed by atoms with E-state index in [0.29, 0.717) is 5.92 Å². The van der Waals surface area contributed by atoms with Gasteiger partial charge >= 0.3 is 0 Å². The quantitative estimate of drug-likeness (QED) is 0.174. The summed E-state index contributed by atoms with van der Waals surface area (Å²) in [6.07, 6.45) is 3.95. The van der Waals surface area contributed by atoms with Crippen LogP contribution in [0.3, 0.4) is 0 Å². The first-order chi connectivity index (χ1) is 21.5. The summed E-state index contributed by atoms with van der Waals surface area (Å²) >= 11 is 18.5. The van der Waals surface area contributed by atoms with Crippen LogP contribution in [0.5, 0.6) is 0 Å². The number of fused-ring (bicyclic) bond motifs is 18. The Morgan fingerprint density at radius 3 is 2.09 bits per heavy atom. The molecule has 3 aromatic heterocycles. The van der Waals surface area contributed by atoms with Gasteiger partial charge < -0.3 is 0 Å². The lowest BCUT2D eigenvalue weighted by molar-refractivity contribution is 0.794. The molecule has 44 heavy (non-hydrogen) atoms. The summed E-state index contributed by atoms with van der Waals surface area (Å²) < 4.78 is 5.08. The normalized spacial score (nSPS) is 16.5. The van der Waals surface area contributed by atoms with Gasteiger partial charge in [-0.25, -0.2) is 0 Å². The maximum absolute atomic E-state index is 7.44. The molecule has 0 aliphatic heterocycles. The summed E-state index contributed by atoms with van der Waals surface area (Å²) in [7, 11) is 0. The van der Waals surface area contributed by atoms with Crippen molar-refractivity contribution in [2.45, 2.75) is 25.2 Å². The van der Waals surface area contributed by atoms with Gasteiger partial charge in [0, 0.05) is 69.4 Å². The van der Waals surface area contributed by atoms with Crippen molar-refractivity contribution in [1.29, 1.82) is 0 Å². The number of thiophene rings is 2. The predicted octanol–water partition coefficient (Wildman–Crippen LogP) is 12.6. The van der Waals surface area contributed by atoms with Crippen molar-refractivity contribution in [1.82, 2.24) is 4.98 Å². The van der Waals surface area contributed by atoms with Crippen molar-refractivity contribution < 1.29 is 0 Å². The third-order valence-corrected chi connectivity index (χ3v) is 12.9. The van der Waals surface area contributed by atoms with Gasteiger partial charge in [-0.1, -0.05) is 97.7 Å². The lowest BCUT2D eigenvalue weighted by atomic mass is 9.70. The maximum atomic E-state index is 7.44. The van der Waals surface area contributed by atoms with Gasteiger partial charge in [0.15, 0.2) is 0 Å². The molecule has 5 aromatic carbocycles. The number of nitrogens with zero attached hydrogens (tertiary/aromatic N) is 1. The third kappa shape index (κ3) is 2.91. The van der Waals surface area contributed by atoms with Gasteiger partial charge in [-0.15, -0.1) is 22.7 Å². The van der Waals surface area contributed by atoms with E-state index in [2.05, 4.69) is 104 Å². The molecule has 3 heterocycles. The molecule has 2 aliphatic carbocycles. The second-order valence-electron chi connectivity index (χ2n) is 12.3. The summed E-state index contributed by atoms with van der Waals surface area (Å²) in [5, 5.41) is 6.34. The SMILES string of the molecule is CC(C)c1cccc2c1sc1c3c(cc(Cl)c12)C1(c2ccccc2-c2cnccc21)c1cc(Cl)c2c(sc4ccccc42)c1-3. The standard InChI is InChI=1S/C39H23Cl2NS2/c1-19(2)20-10-7-11-23-33-30(41)17-28-35(38(33)44-36(20)23)34-27(16-29(40)32-22-9-4-6-13-31(22)43-37(32)34)39(28)25-12-5-3-8-21(25)24-18-42-15-14-26(24)39/h3-19H,1-2H3.